The lowest BCUT2D eigenvalue weighted by Gasteiger charge is -2.26. The third-order valence-corrected chi connectivity index (χ3v) is 6.85. The van der Waals surface area contributed by atoms with Gasteiger partial charge < -0.3 is 4.74 Å². The van der Waals surface area contributed by atoms with Crippen molar-refractivity contribution in [2.75, 3.05) is 17.3 Å². The third-order valence-electron chi connectivity index (χ3n) is 5.64. The highest BCUT2D eigenvalue weighted by molar-refractivity contribution is 8.00. The van der Waals surface area contributed by atoms with Crippen LogP contribution in [0.5, 0.6) is 0 Å². The fraction of sp³-hybridized carbons (Fsp3) is 0.391. The fourth-order valence-corrected chi connectivity index (χ4v) is 5.23. The van der Waals surface area contributed by atoms with Gasteiger partial charge in [-0.3, -0.25) is 9.69 Å². The van der Waals surface area contributed by atoms with E-state index in [4.69, 9.17) is 4.74 Å². The molecule has 1 amide bonds. The summed E-state index contributed by atoms with van der Waals surface area (Å²) >= 11 is 1.52. The Balaban J connectivity index is 1.52. The predicted octanol–water partition coefficient (Wildman–Crippen LogP) is 5.26. The van der Waals surface area contributed by atoms with Gasteiger partial charge in [-0.15, -0.1) is 11.8 Å². The molecule has 1 saturated carbocycles. The summed E-state index contributed by atoms with van der Waals surface area (Å²) in [6.45, 7) is 2.37. The topological polar surface area (TPSA) is 46.6 Å². The quantitative estimate of drug-likeness (QED) is 0.628. The molecule has 0 spiro atoms. The number of thioether (sulfide) groups is 1. The highest BCUT2D eigenvalue weighted by Gasteiger charge is 2.35. The first-order chi connectivity index (χ1) is 14.0. The van der Waals surface area contributed by atoms with Crippen molar-refractivity contribution in [1.82, 2.24) is 0 Å². The van der Waals surface area contributed by atoms with Gasteiger partial charge in [0, 0.05) is 5.69 Å². The minimum atomic E-state index is -0.316. The number of hydrogen-bond donors (Lipinski definition) is 0. The van der Waals surface area contributed by atoms with E-state index in [0.29, 0.717) is 23.8 Å². The molecule has 152 valence electrons. The van der Waals surface area contributed by atoms with Crippen LogP contribution in [0.1, 0.15) is 52.5 Å². The molecule has 6 heteroatoms. The van der Waals surface area contributed by atoms with Crippen molar-refractivity contribution in [3.05, 3.63) is 65.0 Å². The van der Waals surface area contributed by atoms with Crippen LogP contribution in [0.2, 0.25) is 0 Å². The maximum absolute atomic E-state index is 13.3. The van der Waals surface area contributed by atoms with Crippen LogP contribution in [0, 0.1) is 18.7 Å². The van der Waals surface area contributed by atoms with Gasteiger partial charge >= 0.3 is 5.97 Å². The summed E-state index contributed by atoms with van der Waals surface area (Å²) in [6, 6.07) is 11.6. The van der Waals surface area contributed by atoms with Gasteiger partial charge in [0.15, 0.2) is 0 Å². The maximum atomic E-state index is 13.3. The average molecular weight is 414 g/mol. The molecule has 0 N–H and O–H groups in total. The minimum absolute atomic E-state index is 0.00369. The van der Waals surface area contributed by atoms with Crippen molar-refractivity contribution in [3.63, 3.8) is 0 Å². The summed E-state index contributed by atoms with van der Waals surface area (Å²) in [5.41, 5.74) is 2.98. The van der Waals surface area contributed by atoms with Crippen molar-refractivity contribution >= 4 is 29.3 Å². The summed E-state index contributed by atoms with van der Waals surface area (Å²) in [5, 5.41) is -0.207. The molecule has 2 aliphatic rings. The van der Waals surface area contributed by atoms with Gasteiger partial charge in [0.2, 0.25) is 5.91 Å². The molecule has 1 heterocycles. The predicted molar refractivity (Wildman–Crippen MR) is 113 cm³/mol. The molecule has 2 aromatic rings. The molecule has 1 saturated heterocycles. The first-order valence-corrected chi connectivity index (χ1v) is 11.0. The van der Waals surface area contributed by atoms with Gasteiger partial charge in [0.1, 0.15) is 11.2 Å². The molecule has 0 radical (unpaired) electrons. The monoisotopic (exact) mass is 413 g/mol. The summed E-state index contributed by atoms with van der Waals surface area (Å²) in [6.07, 6.45) is 4.69. The molecular weight excluding hydrogens is 389 g/mol. The van der Waals surface area contributed by atoms with Crippen LogP contribution < -0.4 is 4.90 Å². The van der Waals surface area contributed by atoms with Crippen LogP contribution in [0.25, 0.3) is 0 Å². The van der Waals surface area contributed by atoms with Gasteiger partial charge in [-0.1, -0.05) is 25.0 Å². The molecule has 0 bridgehead atoms. The average Bonchev–Trinajstić information content (AvgIpc) is 3.37. The lowest BCUT2D eigenvalue weighted by molar-refractivity contribution is -0.115. The van der Waals surface area contributed by atoms with E-state index >= 15 is 0 Å². The maximum Gasteiger partial charge on any atom is 0.338 e. The van der Waals surface area contributed by atoms with Crippen molar-refractivity contribution in [1.29, 1.82) is 0 Å². The van der Waals surface area contributed by atoms with Crippen molar-refractivity contribution in [2.24, 2.45) is 5.92 Å². The number of ether oxygens (including phenoxy) is 1. The lowest BCUT2D eigenvalue weighted by Crippen LogP contribution is -2.28. The van der Waals surface area contributed by atoms with Gasteiger partial charge in [0.05, 0.1) is 17.9 Å². The highest BCUT2D eigenvalue weighted by Crippen LogP contribution is 2.42. The number of anilines is 1. The van der Waals surface area contributed by atoms with E-state index in [1.807, 2.05) is 13.0 Å². The standard InChI is InChI=1S/C23H24FNO3S/c1-15-12-18(23(27)28-13-16-4-2-3-5-16)8-11-20(15)25-21(26)14-29-22(25)17-6-9-19(24)10-7-17/h6-12,16,22H,2-5,13-14H2,1H3. The molecule has 1 unspecified atom stereocenters. The molecule has 1 aliphatic carbocycles. The van der Waals surface area contributed by atoms with Gasteiger partial charge in [-0.05, 0) is 67.1 Å². The normalized spacial score (nSPS) is 19.7. The highest BCUT2D eigenvalue weighted by atomic mass is 32.2. The van der Waals surface area contributed by atoms with Gasteiger partial charge in [0.25, 0.3) is 0 Å². The van der Waals surface area contributed by atoms with Crippen LogP contribution >= 0.6 is 11.8 Å². The number of rotatable bonds is 5. The van der Waals surface area contributed by atoms with Gasteiger partial charge in [-0.2, -0.15) is 0 Å². The number of carbonyl (C=O) groups is 2. The molecule has 1 atom stereocenters. The number of aryl methyl sites for hydroxylation is 1. The van der Waals surface area contributed by atoms with E-state index in [1.54, 1.807) is 29.2 Å². The summed E-state index contributed by atoms with van der Waals surface area (Å²) in [5.74, 6) is 0.237. The fourth-order valence-electron chi connectivity index (χ4n) is 4.07. The van der Waals surface area contributed by atoms with E-state index in [1.165, 1.54) is 36.7 Å². The summed E-state index contributed by atoms with van der Waals surface area (Å²) in [4.78, 5) is 26.7. The molecule has 1 aliphatic heterocycles. The molecule has 0 aromatic heterocycles. The molecular formula is C23H24FNO3S. The summed E-state index contributed by atoms with van der Waals surface area (Å²) in [7, 11) is 0. The first-order valence-electron chi connectivity index (χ1n) is 10.00. The lowest BCUT2D eigenvalue weighted by atomic mass is 10.1. The van der Waals surface area contributed by atoms with E-state index < -0.39 is 0 Å². The number of esters is 1. The van der Waals surface area contributed by atoms with Gasteiger partial charge in [-0.25, -0.2) is 9.18 Å². The third kappa shape index (κ3) is 4.32. The Bertz CT molecular complexity index is 909. The molecule has 29 heavy (non-hydrogen) atoms. The van der Waals surface area contributed by atoms with Crippen LogP contribution in [0.4, 0.5) is 10.1 Å². The second kappa shape index (κ2) is 8.57. The number of carbonyl (C=O) groups excluding carboxylic acids is 2. The number of amides is 1. The SMILES string of the molecule is Cc1cc(C(=O)OCC2CCCC2)ccc1N1C(=O)CSC1c1ccc(F)cc1. The number of nitrogens with zero attached hydrogens (tertiary/aromatic N) is 1. The smallest absolute Gasteiger partial charge is 0.338 e. The van der Waals surface area contributed by atoms with E-state index in [0.717, 1.165) is 29.7 Å². The molecule has 2 aromatic carbocycles. The zero-order valence-electron chi connectivity index (χ0n) is 16.4. The molecule has 4 nitrogen and oxygen atoms in total. The number of benzene rings is 2. The molecule has 4 rings (SSSR count). The van der Waals surface area contributed by atoms with E-state index in [-0.39, 0.29) is 23.1 Å². The van der Waals surface area contributed by atoms with Crippen LogP contribution in [-0.2, 0) is 9.53 Å². The second-order valence-electron chi connectivity index (χ2n) is 7.73. The number of halogens is 1. The second-order valence-corrected chi connectivity index (χ2v) is 8.80. The summed E-state index contributed by atoms with van der Waals surface area (Å²) < 4.78 is 18.8. The van der Waals surface area contributed by atoms with Crippen molar-refractivity contribution in [2.45, 2.75) is 38.0 Å². The zero-order valence-corrected chi connectivity index (χ0v) is 17.2. The van der Waals surface area contributed by atoms with Crippen molar-refractivity contribution < 1.29 is 18.7 Å². The molecule has 2 fully saturated rings. The Morgan fingerprint density at radius 3 is 2.59 bits per heavy atom. The Morgan fingerprint density at radius 1 is 1.17 bits per heavy atom. The van der Waals surface area contributed by atoms with Crippen LogP contribution in [0.3, 0.4) is 0 Å². The number of hydrogen-bond acceptors (Lipinski definition) is 4. The Kier molecular flexibility index (Phi) is 5.90. The first kappa shape index (κ1) is 20.0. The van der Waals surface area contributed by atoms with Crippen LogP contribution in [0.15, 0.2) is 42.5 Å². The van der Waals surface area contributed by atoms with Crippen LogP contribution in [-0.4, -0.2) is 24.2 Å². The van der Waals surface area contributed by atoms with Crippen molar-refractivity contribution in [3.8, 4) is 0 Å². The Morgan fingerprint density at radius 2 is 1.90 bits per heavy atom. The zero-order chi connectivity index (χ0) is 20.4. The minimum Gasteiger partial charge on any atom is -0.462 e. The largest absolute Gasteiger partial charge is 0.462 e. The Hall–Kier alpha value is -2.34. The van der Waals surface area contributed by atoms with E-state index in [2.05, 4.69) is 0 Å². The van der Waals surface area contributed by atoms with E-state index in [9.17, 15) is 14.0 Å². The Labute approximate surface area is 174 Å².